The standard InChI is InChI=1S/C27H30N4O5/c1-4-17-8-15(2)7-16(3)25(17)36-14-20(34)11-29-21-5-6-28-27(35)24(21)26-30-22-9-18(12-32)19(13-33)10-23(22)31-26/h5-10,12-13,20-21,24,29,34H,4,11,14H2,1-3H3,(H,28,35)(H,30,31). The van der Waals surface area contributed by atoms with E-state index >= 15 is 0 Å². The number of aldehydes is 2. The van der Waals surface area contributed by atoms with Crippen molar-refractivity contribution in [3.05, 3.63) is 70.2 Å². The number of aliphatic hydroxyl groups is 1. The van der Waals surface area contributed by atoms with Crippen LogP contribution in [-0.2, 0) is 11.2 Å². The SMILES string of the molecule is CCc1cc(C)cc(C)c1OCC(O)CNC1C=CNC(=O)C1c1nc2cc(C=O)c(C=O)cc2[nH]1. The van der Waals surface area contributed by atoms with E-state index in [2.05, 4.69) is 39.7 Å². The van der Waals surface area contributed by atoms with E-state index in [-0.39, 0.29) is 30.2 Å². The van der Waals surface area contributed by atoms with Crippen LogP contribution in [-0.4, -0.2) is 58.9 Å². The van der Waals surface area contributed by atoms with E-state index in [0.717, 1.165) is 23.3 Å². The Labute approximate surface area is 209 Å². The predicted molar refractivity (Wildman–Crippen MR) is 135 cm³/mol. The molecule has 2 heterocycles. The number of carbonyl (C=O) groups is 3. The van der Waals surface area contributed by atoms with Gasteiger partial charge in [0.2, 0.25) is 5.91 Å². The topological polar surface area (TPSA) is 133 Å². The first-order chi connectivity index (χ1) is 17.3. The van der Waals surface area contributed by atoms with E-state index in [4.69, 9.17) is 4.74 Å². The van der Waals surface area contributed by atoms with Gasteiger partial charge < -0.3 is 25.5 Å². The number of amides is 1. The third-order valence-corrected chi connectivity index (χ3v) is 6.31. The molecular weight excluding hydrogens is 460 g/mol. The van der Waals surface area contributed by atoms with E-state index < -0.39 is 18.1 Å². The first kappa shape index (κ1) is 25.3. The lowest BCUT2D eigenvalue weighted by atomic mass is 9.95. The number of hydrogen-bond acceptors (Lipinski definition) is 7. The van der Waals surface area contributed by atoms with Crippen molar-refractivity contribution in [3.63, 3.8) is 0 Å². The minimum absolute atomic E-state index is 0.102. The lowest BCUT2D eigenvalue weighted by Crippen LogP contribution is -2.47. The maximum Gasteiger partial charge on any atom is 0.236 e. The molecule has 0 bridgehead atoms. The lowest BCUT2D eigenvalue weighted by Gasteiger charge is -2.27. The maximum absolute atomic E-state index is 12.8. The third-order valence-electron chi connectivity index (χ3n) is 6.31. The highest BCUT2D eigenvalue weighted by atomic mass is 16.5. The van der Waals surface area contributed by atoms with Crippen LogP contribution < -0.4 is 15.4 Å². The van der Waals surface area contributed by atoms with Gasteiger partial charge in [0.05, 0.1) is 11.0 Å². The molecule has 4 rings (SSSR count). The zero-order chi connectivity index (χ0) is 25.8. The van der Waals surface area contributed by atoms with Crippen LogP contribution in [0.15, 0.2) is 36.5 Å². The zero-order valence-corrected chi connectivity index (χ0v) is 20.5. The van der Waals surface area contributed by atoms with Gasteiger partial charge in [-0.15, -0.1) is 0 Å². The Kier molecular flexibility index (Phi) is 7.61. The second-order valence-electron chi connectivity index (χ2n) is 9.02. The zero-order valence-electron chi connectivity index (χ0n) is 20.5. The molecule has 2 aromatic carbocycles. The number of rotatable bonds is 10. The summed E-state index contributed by atoms with van der Waals surface area (Å²) in [4.78, 5) is 43.0. The Bertz CT molecular complexity index is 1280. The van der Waals surface area contributed by atoms with Crippen LogP contribution in [0.5, 0.6) is 5.75 Å². The summed E-state index contributed by atoms with van der Waals surface area (Å²) in [6.07, 6.45) is 4.57. The molecule has 36 heavy (non-hydrogen) atoms. The minimum Gasteiger partial charge on any atom is -0.490 e. The predicted octanol–water partition coefficient (Wildman–Crippen LogP) is 2.49. The highest BCUT2D eigenvalue weighted by Crippen LogP contribution is 2.27. The molecule has 0 saturated carbocycles. The van der Waals surface area contributed by atoms with Gasteiger partial charge in [0.15, 0.2) is 12.6 Å². The summed E-state index contributed by atoms with van der Waals surface area (Å²) in [5.41, 5.74) is 4.80. The maximum atomic E-state index is 12.8. The van der Waals surface area contributed by atoms with Crippen molar-refractivity contribution < 1.29 is 24.2 Å². The Morgan fingerprint density at radius 1 is 1.17 bits per heavy atom. The molecule has 0 saturated heterocycles. The summed E-state index contributed by atoms with van der Waals surface area (Å²) in [6.45, 7) is 6.40. The third kappa shape index (κ3) is 5.22. The molecule has 1 aromatic heterocycles. The molecule has 3 unspecified atom stereocenters. The molecule has 0 spiro atoms. The number of benzene rings is 2. The number of carbonyl (C=O) groups excluding carboxylic acids is 3. The van der Waals surface area contributed by atoms with Crippen LogP contribution >= 0.6 is 0 Å². The molecule has 1 aliphatic rings. The first-order valence-corrected chi connectivity index (χ1v) is 11.9. The van der Waals surface area contributed by atoms with Crippen molar-refractivity contribution in [2.24, 2.45) is 0 Å². The molecule has 9 heteroatoms. The molecule has 188 valence electrons. The molecule has 1 amide bonds. The second kappa shape index (κ2) is 10.8. The fourth-order valence-corrected chi connectivity index (χ4v) is 4.56. The molecule has 9 nitrogen and oxygen atoms in total. The van der Waals surface area contributed by atoms with Gasteiger partial charge in [-0.1, -0.05) is 30.7 Å². The van der Waals surface area contributed by atoms with Crippen molar-refractivity contribution in [1.29, 1.82) is 0 Å². The average molecular weight is 491 g/mol. The summed E-state index contributed by atoms with van der Waals surface area (Å²) in [5, 5.41) is 16.5. The van der Waals surface area contributed by atoms with Gasteiger partial charge in [-0.05, 0) is 43.5 Å². The normalized spacial score (nSPS) is 18.2. The highest BCUT2D eigenvalue weighted by Gasteiger charge is 2.33. The number of nitrogens with one attached hydrogen (secondary N) is 3. The quantitative estimate of drug-likeness (QED) is 0.321. The van der Waals surface area contributed by atoms with E-state index in [9.17, 15) is 19.5 Å². The van der Waals surface area contributed by atoms with Gasteiger partial charge in [-0.25, -0.2) is 4.98 Å². The van der Waals surface area contributed by atoms with Crippen LogP contribution in [0.3, 0.4) is 0 Å². The number of nitrogens with zero attached hydrogens (tertiary/aromatic N) is 1. The lowest BCUT2D eigenvalue weighted by molar-refractivity contribution is -0.122. The fourth-order valence-electron chi connectivity index (χ4n) is 4.56. The Morgan fingerprint density at radius 3 is 2.64 bits per heavy atom. The molecular formula is C27H30N4O5. The van der Waals surface area contributed by atoms with Gasteiger partial charge >= 0.3 is 0 Å². The van der Waals surface area contributed by atoms with E-state index in [1.54, 1.807) is 18.3 Å². The molecule has 3 atom stereocenters. The fraction of sp³-hybridized carbons (Fsp3) is 0.333. The highest BCUT2D eigenvalue weighted by molar-refractivity contribution is 5.96. The van der Waals surface area contributed by atoms with Crippen LogP contribution in [0, 0.1) is 13.8 Å². The molecule has 1 aliphatic heterocycles. The number of aliphatic hydroxyl groups excluding tert-OH is 1. The summed E-state index contributed by atoms with van der Waals surface area (Å²) in [5.74, 6) is 0.205. The number of aromatic amines is 1. The van der Waals surface area contributed by atoms with Crippen molar-refractivity contribution in [2.45, 2.75) is 45.3 Å². The Balaban J connectivity index is 1.47. The van der Waals surface area contributed by atoms with Gasteiger partial charge in [-0.2, -0.15) is 0 Å². The van der Waals surface area contributed by atoms with Crippen LogP contribution in [0.2, 0.25) is 0 Å². The van der Waals surface area contributed by atoms with E-state index in [1.165, 1.54) is 11.6 Å². The van der Waals surface area contributed by atoms with Gasteiger partial charge in [0, 0.05) is 29.9 Å². The molecule has 4 N–H and O–H groups in total. The summed E-state index contributed by atoms with van der Waals surface area (Å²) >= 11 is 0. The monoisotopic (exact) mass is 490 g/mol. The number of ether oxygens (including phenoxy) is 1. The smallest absolute Gasteiger partial charge is 0.236 e. The van der Waals surface area contributed by atoms with Crippen molar-refractivity contribution in [1.82, 2.24) is 20.6 Å². The molecule has 0 radical (unpaired) electrons. The minimum atomic E-state index is -0.810. The van der Waals surface area contributed by atoms with E-state index in [0.29, 0.717) is 29.4 Å². The van der Waals surface area contributed by atoms with Gasteiger partial charge in [-0.3, -0.25) is 14.4 Å². The average Bonchev–Trinajstić information content (AvgIpc) is 3.27. The largest absolute Gasteiger partial charge is 0.490 e. The number of H-pyrrole nitrogens is 1. The number of hydrogen-bond donors (Lipinski definition) is 4. The molecule has 3 aromatic rings. The second-order valence-corrected chi connectivity index (χ2v) is 9.02. The van der Waals surface area contributed by atoms with Crippen LogP contribution in [0.4, 0.5) is 0 Å². The van der Waals surface area contributed by atoms with Crippen LogP contribution in [0.25, 0.3) is 11.0 Å². The van der Waals surface area contributed by atoms with E-state index in [1.807, 2.05) is 13.8 Å². The summed E-state index contributed by atoms with van der Waals surface area (Å²) in [6, 6.07) is 6.76. The van der Waals surface area contributed by atoms with Crippen molar-refractivity contribution in [2.75, 3.05) is 13.2 Å². The van der Waals surface area contributed by atoms with Crippen molar-refractivity contribution >= 4 is 29.5 Å². The number of aryl methyl sites for hydroxylation is 3. The Hall–Kier alpha value is -3.82. The Morgan fingerprint density at radius 2 is 1.92 bits per heavy atom. The van der Waals surface area contributed by atoms with Crippen molar-refractivity contribution in [3.8, 4) is 5.75 Å². The number of fused-ring (bicyclic) bond motifs is 1. The number of aromatic nitrogens is 2. The van der Waals surface area contributed by atoms with Crippen LogP contribution in [0.1, 0.15) is 56.1 Å². The summed E-state index contributed by atoms with van der Waals surface area (Å²) in [7, 11) is 0. The molecule has 0 aliphatic carbocycles. The first-order valence-electron chi connectivity index (χ1n) is 11.9. The van der Waals surface area contributed by atoms with Gasteiger partial charge in [0.25, 0.3) is 0 Å². The van der Waals surface area contributed by atoms with Gasteiger partial charge in [0.1, 0.15) is 30.2 Å². The molecule has 0 fully saturated rings. The number of imidazole rings is 1. The summed E-state index contributed by atoms with van der Waals surface area (Å²) < 4.78 is 5.97.